The summed E-state index contributed by atoms with van der Waals surface area (Å²) >= 11 is 1.62. The summed E-state index contributed by atoms with van der Waals surface area (Å²) in [6, 6.07) is 6.74. The Morgan fingerprint density at radius 3 is 2.23 bits per heavy atom. The fraction of sp³-hybridized carbons (Fsp3) is 0.545. The molecule has 0 fully saturated rings. The van der Waals surface area contributed by atoms with Crippen LogP contribution in [-0.4, -0.2) is 52.9 Å². The zero-order valence-electron chi connectivity index (χ0n) is 18.8. The van der Waals surface area contributed by atoms with E-state index in [0.717, 1.165) is 11.3 Å². The molecule has 1 amide bonds. The van der Waals surface area contributed by atoms with Gasteiger partial charge >= 0.3 is 5.97 Å². The lowest BCUT2D eigenvalue weighted by Gasteiger charge is -2.36. The van der Waals surface area contributed by atoms with Crippen LogP contribution >= 0.6 is 24.2 Å². The molecule has 1 rings (SSSR count). The first-order chi connectivity index (χ1) is 13.4. The predicted octanol–water partition coefficient (Wildman–Crippen LogP) is 3.97. The van der Waals surface area contributed by atoms with Gasteiger partial charge in [-0.25, -0.2) is 4.79 Å². The number of benzene rings is 1. The zero-order valence-corrected chi connectivity index (χ0v) is 20.5. The highest BCUT2D eigenvalue weighted by Crippen LogP contribution is 2.32. The first-order valence-corrected chi connectivity index (χ1v) is 10.6. The molecule has 0 saturated carbocycles. The fourth-order valence-corrected chi connectivity index (χ4v) is 3.83. The Hall–Kier alpha value is -1.70. The second-order valence-corrected chi connectivity index (χ2v) is 9.69. The standard InChI is InChI=1S/C22H34N2O4S.ClH/c1-14(2)18(12-15(3)21(26)27)24(6)20(25)19(23)22(4,5)29-13-16-8-10-17(28-7)11-9-16;/h8-12,14,18-19H,13,23H2,1-7H3,(H,26,27);1H/b15-12+;/t18-,19+;/m0./s1. The normalized spacial score (nSPS) is 14.0. The van der Waals surface area contributed by atoms with Crippen molar-refractivity contribution in [3.8, 4) is 5.75 Å². The number of hydrogen-bond acceptors (Lipinski definition) is 5. The molecule has 1 aromatic carbocycles. The summed E-state index contributed by atoms with van der Waals surface area (Å²) < 4.78 is 4.67. The number of aliphatic carboxylic acids is 1. The molecule has 2 atom stereocenters. The van der Waals surface area contributed by atoms with Gasteiger partial charge in [0.1, 0.15) is 5.75 Å². The van der Waals surface area contributed by atoms with Crippen LogP contribution in [0.5, 0.6) is 5.75 Å². The molecule has 170 valence electrons. The number of amides is 1. The number of nitrogens with zero attached hydrogens (tertiary/aromatic N) is 1. The van der Waals surface area contributed by atoms with Crippen LogP contribution in [0.1, 0.15) is 40.2 Å². The van der Waals surface area contributed by atoms with E-state index >= 15 is 0 Å². The molecule has 0 radical (unpaired) electrons. The SMILES string of the molecule is COc1ccc(CSC(C)(C)[C@H](N)C(=O)N(C)[C@@H](/C=C(\C)C(=O)O)C(C)C)cc1.Cl. The van der Waals surface area contributed by atoms with Gasteiger partial charge in [-0.1, -0.05) is 32.1 Å². The summed E-state index contributed by atoms with van der Waals surface area (Å²) in [6.07, 6.45) is 1.62. The lowest BCUT2D eigenvalue weighted by Crippen LogP contribution is -2.55. The van der Waals surface area contributed by atoms with Gasteiger partial charge in [0.05, 0.1) is 19.2 Å². The van der Waals surface area contributed by atoms with Crippen molar-refractivity contribution < 1.29 is 19.4 Å². The number of hydrogen-bond donors (Lipinski definition) is 2. The van der Waals surface area contributed by atoms with E-state index in [1.54, 1.807) is 36.9 Å². The summed E-state index contributed by atoms with van der Waals surface area (Å²) in [6.45, 7) is 9.36. The van der Waals surface area contributed by atoms with Gasteiger partial charge in [0.2, 0.25) is 5.91 Å². The molecule has 30 heavy (non-hydrogen) atoms. The first kappa shape index (κ1) is 28.3. The summed E-state index contributed by atoms with van der Waals surface area (Å²) in [5.74, 6) is 0.380. The molecule has 0 bridgehead atoms. The Balaban J connectivity index is 0.00000841. The maximum absolute atomic E-state index is 13.1. The summed E-state index contributed by atoms with van der Waals surface area (Å²) in [7, 11) is 3.31. The Bertz CT molecular complexity index is 735. The molecule has 0 unspecified atom stereocenters. The summed E-state index contributed by atoms with van der Waals surface area (Å²) in [5.41, 5.74) is 7.70. The van der Waals surface area contributed by atoms with E-state index in [-0.39, 0.29) is 35.8 Å². The van der Waals surface area contributed by atoms with Gasteiger partial charge in [-0.2, -0.15) is 0 Å². The van der Waals surface area contributed by atoms with Gasteiger partial charge in [-0.3, -0.25) is 4.79 Å². The number of carbonyl (C=O) groups is 2. The van der Waals surface area contributed by atoms with Crippen molar-refractivity contribution in [2.75, 3.05) is 14.2 Å². The largest absolute Gasteiger partial charge is 0.497 e. The van der Waals surface area contributed by atoms with Gasteiger partial charge in [-0.15, -0.1) is 24.2 Å². The molecule has 0 saturated heterocycles. The lowest BCUT2D eigenvalue weighted by molar-refractivity contribution is -0.135. The Morgan fingerprint density at radius 1 is 1.27 bits per heavy atom. The second kappa shape index (κ2) is 12.2. The van der Waals surface area contributed by atoms with E-state index in [9.17, 15) is 14.7 Å². The molecule has 0 aromatic heterocycles. The number of carboxylic acid groups (broad SMARTS) is 1. The average molecular weight is 459 g/mol. The minimum atomic E-state index is -0.990. The predicted molar refractivity (Wildman–Crippen MR) is 126 cm³/mol. The van der Waals surface area contributed by atoms with Crippen molar-refractivity contribution in [3.05, 3.63) is 41.5 Å². The molecule has 3 N–H and O–H groups in total. The van der Waals surface area contributed by atoms with Crippen LogP contribution < -0.4 is 10.5 Å². The lowest BCUT2D eigenvalue weighted by atomic mass is 9.97. The Kier molecular flexibility index (Phi) is 11.5. The number of likely N-dealkylation sites (N-methyl/N-ethyl adjacent to an activating group) is 1. The van der Waals surface area contributed by atoms with Crippen molar-refractivity contribution in [1.29, 1.82) is 0 Å². The van der Waals surface area contributed by atoms with Crippen LogP contribution in [0.4, 0.5) is 0 Å². The van der Waals surface area contributed by atoms with E-state index in [1.165, 1.54) is 6.92 Å². The van der Waals surface area contributed by atoms with E-state index in [1.807, 2.05) is 52.0 Å². The van der Waals surface area contributed by atoms with Crippen molar-refractivity contribution >= 4 is 36.0 Å². The average Bonchev–Trinajstić information content (AvgIpc) is 2.68. The van der Waals surface area contributed by atoms with Crippen LogP contribution in [-0.2, 0) is 15.3 Å². The number of carbonyl (C=O) groups excluding carboxylic acids is 1. The summed E-state index contributed by atoms with van der Waals surface area (Å²) in [4.78, 5) is 25.8. The third-order valence-electron chi connectivity index (χ3n) is 5.02. The molecule has 0 aliphatic rings. The zero-order chi connectivity index (χ0) is 22.4. The minimum Gasteiger partial charge on any atom is -0.497 e. The number of thioether (sulfide) groups is 1. The highest BCUT2D eigenvalue weighted by molar-refractivity contribution is 7.99. The fourth-order valence-electron chi connectivity index (χ4n) is 2.82. The third-order valence-corrected chi connectivity index (χ3v) is 6.50. The number of ether oxygens (including phenoxy) is 1. The molecule has 0 heterocycles. The number of methoxy groups -OCH3 is 1. The van der Waals surface area contributed by atoms with Gasteiger partial charge in [0.15, 0.2) is 0 Å². The van der Waals surface area contributed by atoms with Crippen molar-refractivity contribution in [2.24, 2.45) is 11.7 Å². The van der Waals surface area contributed by atoms with Crippen molar-refractivity contribution in [2.45, 2.75) is 57.2 Å². The highest BCUT2D eigenvalue weighted by atomic mass is 35.5. The van der Waals surface area contributed by atoms with Gasteiger partial charge in [-0.05, 0) is 44.4 Å². The molecule has 0 aliphatic heterocycles. The smallest absolute Gasteiger partial charge is 0.331 e. The number of nitrogens with two attached hydrogens (primary N) is 1. The monoisotopic (exact) mass is 458 g/mol. The van der Waals surface area contributed by atoms with E-state index in [4.69, 9.17) is 10.5 Å². The molecule has 0 aliphatic carbocycles. The van der Waals surface area contributed by atoms with E-state index in [0.29, 0.717) is 5.75 Å². The first-order valence-electron chi connectivity index (χ1n) is 9.61. The Labute approximate surface area is 190 Å². The van der Waals surface area contributed by atoms with Crippen LogP contribution in [0.15, 0.2) is 35.9 Å². The summed E-state index contributed by atoms with van der Waals surface area (Å²) in [5, 5.41) is 9.18. The third kappa shape index (κ3) is 7.85. The molecular weight excluding hydrogens is 424 g/mol. The van der Waals surface area contributed by atoms with Gasteiger partial charge in [0.25, 0.3) is 0 Å². The van der Waals surface area contributed by atoms with Crippen LogP contribution in [0.25, 0.3) is 0 Å². The number of halogens is 1. The molecule has 8 heteroatoms. The quantitative estimate of drug-likeness (QED) is 0.515. The topological polar surface area (TPSA) is 92.9 Å². The van der Waals surface area contributed by atoms with E-state index in [2.05, 4.69) is 0 Å². The second-order valence-electron chi connectivity index (χ2n) is 8.06. The number of rotatable bonds is 10. The van der Waals surface area contributed by atoms with Crippen LogP contribution in [0.3, 0.4) is 0 Å². The van der Waals surface area contributed by atoms with Gasteiger partial charge in [0, 0.05) is 23.1 Å². The molecular formula is C22H35ClN2O4S. The maximum Gasteiger partial charge on any atom is 0.331 e. The highest BCUT2D eigenvalue weighted by Gasteiger charge is 2.36. The van der Waals surface area contributed by atoms with Crippen LogP contribution in [0.2, 0.25) is 0 Å². The Morgan fingerprint density at radius 2 is 1.80 bits per heavy atom. The van der Waals surface area contributed by atoms with E-state index < -0.39 is 16.8 Å². The van der Waals surface area contributed by atoms with Crippen LogP contribution in [0, 0.1) is 5.92 Å². The van der Waals surface area contributed by atoms with Crippen molar-refractivity contribution in [3.63, 3.8) is 0 Å². The molecule has 0 spiro atoms. The van der Waals surface area contributed by atoms with Crippen molar-refractivity contribution in [1.82, 2.24) is 4.90 Å². The number of carboxylic acids is 1. The minimum absolute atomic E-state index is 0. The molecule has 6 nitrogen and oxygen atoms in total. The maximum atomic E-state index is 13.1. The molecule has 1 aromatic rings. The van der Waals surface area contributed by atoms with Gasteiger partial charge < -0.3 is 20.5 Å².